The van der Waals surface area contributed by atoms with Crippen LogP contribution in [0.5, 0.6) is 23.0 Å². The zero-order chi connectivity index (χ0) is 27.0. The summed E-state index contributed by atoms with van der Waals surface area (Å²) in [7, 11) is -2.58. The summed E-state index contributed by atoms with van der Waals surface area (Å²) in [5.74, 6) is 0.709. The highest BCUT2D eigenvalue weighted by molar-refractivity contribution is 9.10. The van der Waals surface area contributed by atoms with Crippen molar-refractivity contribution in [3.63, 3.8) is 0 Å². The van der Waals surface area contributed by atoms with Gasteiger partial charge in [0.25, 0.3) is 5.91 Å². The Bertz CT molecular complexity index is 1390. The molecule has 1 amide bonds. The van der Waals surface area contributed by atoms with Crippen LogP contribution in [0.3, 0.4) is 0 Å². The summed E-state index contributed by atoms with van der Waals surface area (Å²) in [6, 6.07) is 14.3. The Morgan fingerprint density at radius 3 is 2.30 bits per heavy atom. The van der Waals surface area contributed by atoms with Crippen molar-refractivity contribution < 1.29 is 31.6 Å². The fourth-order valence-corrected chi connectivity index (χ4v) is 4.79. The Kier molecular flexibility index (Phi) is 9.54. The molecule has 0 saturated carbocycles. The van der Waals surface area contributed by atoms with Crippen LogP contribution in [-0.4, -0.2) is 40.9 Å². The topological polar surface area (TPSA) is 113 Å². The number of halogens is 1. The molecule has 0 unspecified atom stereocenters. The van der Waals surface area contributed by atoms with E-state index in [1.54, 1.807) is 49.4 Å². The molecule has 3 aromatic carbocycles. The van der Waals surface area contributed by atoms with Crippen LogP contribution >= 0.6 is 15.9 Å². The largest absolute Gasteiger partial charge is 0.493 e. The van der Waals surface area contributed by atoms with Crippen LogP contribution in [0.2, 0.25) is 0 Å². The second kappa shape index (κ2) is 12.6. The van der Waals surface area contributed by atoms with Crippen LogP contribution in [0.15, 0.2) is 69.1 Å². The van der Waals surface area contributed by atoms with Gasteiger partial charge in [0.15, 0.2) is 23.0 Å². The van der Waals surface area contributed by atoms with E-state index in [1.165, 1.54) is 25.5 Å². The van der Waals surface area contributed by atoms with Crippen LogP contribution < -0.4 is 23.8 Å². The monoisotopic (exact) mass is 590 g/mol. The molecule has 37 heavy (non-hydrogen) atoms. The number of hydrogen-bond acceptors (Lipinski definition) is 8. The van der Waals surface area contributed by atoms with Gasteiger partial charge in [0.1, 0.15) is 4.90 Å². The lowest BCUT2D eigenvalue weighted by Gasteiger charge is -2.14. The van der Waals surface area contributed by atoms with Gasteiger partial charge >= 0.3 is 10.1 Å². The number of hydrogen-bond donors (Lipinski definition) is 1. The number of amides is 1. The van der Waals surface area contributed by atoms with Crippen molar-refractivity contribution in [3.8, 4) is 23.0 Å². The van der Waals surface area contributed by atoms with Crippen LogP contribution in [0.4, 0.5) is 0 Å². The predicted octanol–water partition coefficient (Wildman–Crippen LogP) is 5.10. The van der Waals surface area contributed by atoms with E-state index in [0.717, 1.165) is 5.56 Å². The van der Waals surface area contributed by atoms with Crippen LogP contribution in [0.25, 0.3) is 0 Å². The van der Waals surface area contributed by atoms with Crippen LogP contribution in [0.1, 0.15) is 35.3 Å². The van der Waals surface area contributed by atoms with Crippen molar-refractivity contribution in [1.29, 1.82) is 0 Å². The first-order valence-electron chi connectivity index (χ1n) is 11.3. The summed E-state index contributed by atoms with van der Waals surface area (Å²) >= 11 is 3.35. The third kappa shape index (κ3) is 7.23. The lowest BCUT2D eigenvalue weighted by atomic mass is 10.2. The average Bonchev–Trinajstić information content (AvgIpc) is 2.86. The number of carbonyl (C=O) groups is 1. The second-order valence-electron chi connectivity index (χ2n) is 7.61. The minimum Gasteiger partial charge on any atom is -0.493 e. The molecule has 0 bridgehead atoms. The second-order valence-corrected chi connectivity index (χ2v) is 10.0. The molecule has 0 atom stereocenters. The molecule has 0 radical (unpaired) electrons. The van der Waals surface area contributed by atoms with E-state index in [1.807, 2.05) is 13.8 Å². The van der Waals surface area contributed by atoms with Gasteiger partial charge in [-0.15, -0.1) is 0 Å². The van der Waals surface area contributed by atoms with E-state index < -0.39 is 16.0 Å². The maximum Gasteiger partial charge on any atom is 0.339 e. The Morgan fingerprint density at radius 1 is 0.973 bits per heavy atom. The number of hydrazone groups is 1. The lowest BCUT2D eigenvalue weighted by Crippen LogP contribution is -2.17. The lowest BCUT2D eigenvalue weighted by molar-refractivity contribution is 0.0954. The van der Waals surface area contributed by atoms with Gasteiger partial charge in [0.2, 0.25) is 0 Å². The SMILES string of the molecule is CCOc1cc(C(=O)N/N=C/c2cc(Br)c(OS(=O)(=O)c3ccc(C)cc3)c(OCC)c2)ccc1OC. The zero-order valence-corrected chi connectivity index (χ0v) is 23.2. The quantitative estimate of drug-likeness (QED) is 0.188. The highest BCUT2D eigenvalue weighted by Crippen LogP contribution is 2.38. The highest BCUT2D eigenvalue weighted by atomic mass is 79.9. The average molecular weight is 591 g/mol. The molecule has 9 nitrogen and oxygen atoms in total. The van der Waals surface area contributed by atoms with Crippen molar-refractivity contribution in [2.45, 2.75) is 25.7 Å². The molecular weight excluding hydrogens is 564 g/mol. The minimum atomic E-state index is -4.10. The van der Waals surface area contributed by atoms with Gasteiger partial charge in [-0.05, 0) is 84.7 Å². The third-order valence-electron chi connectivity index (χ3n) is 4.94. The summed E-state index contributed by atoms with van der Waals surface area (Å²) < 4.78 is 47.7. The molecule has 0 spiro atoms. The highest BCUT2D eigenvalue weighted by Gasteiger charge is 2.22. The Hall–Kier alpha value is -3.57. The van der Waals surface area contributed by atoms with Crippen LogP contribution in [0, 0.1) is 6.92 Å². The first kappa shape index (κ1) is 28.0. The van der Waals surface area contributed by atoms with E-state index in [0.29, 0.717) is 33.7 Å². The molecule has 196 valence electrons. The van der Waals surface area contributed by atoms with Gasteiger partial charge in [0.05, 0.1) is 31.0 Å². The van der Waals surface area contributed by atoms with E-state index in [2.05, 4.69) is 26.5 Å². The van der Waals surface area contributed by atoms with Gasteiger partial charge in [0, 0.05) is 5.56 Å². The van der Waals surface area contributed by atoms with Gasteiger partial charge in [-0.3, -0.25) is 4.79 Å². The molecule has 3 aromatic rings. The number of methoxy groups -OCH3 is 1. The molecule has 0 aliphatic heterocycles. The first-order chi connectivity index (χ1) is 17.7. The number of carbonyl (C=O) groups excluding carboxylic acids is 1. The molecule has 0 aromatic heterocycles. The summed E-state index contributed by atoms with van der Waals surface area (Å²) in [4.78, 5) is 12.6. The van der Waals surface area contributed by atoms with Crippen molar-refractivity contribution in [2.75, 3.05) is 20.3 Å². The summed E-state index contributed by atoms with van der Waals surface area (Å²) in [5, 5.41) is 4.01. The normalized spacial score (nSPS) is 11.3. The fourth-order valence-electron chi connectivity index (χ4n) is 3.19. The first-order valence-corrected chi connectivity index (χ1v) is 13.5. The molecule has 0 aliphatic carbocycles. The maximum absolute atomic E-state index is 12.8. The summed E-state index contributed by atoms with van der Waals surface area (Å²) in [5.41, 5.74) is 4.24. The smallest absolute Gasteiger partial charge is 0.339 e. The van der Waals surface area contributed by atoms with Gasteiger partial charge in [-0.2, -0.15) is 13.5 Å². The number of nitrogens with zero attached hydrogens (tertiary/aromatic N) is 1. The van der Waals surface area contributed by atoms with Gasteiger partial charge in [-0.1, -0.05) is 17.7 Å². The molecule has 11 heteroatoms. The fraction of sp³-hybridized carbons (Fsp3) is 0.231. The molecule has 3 rings (SSSR count). The van der Waals surface area contributed by atoms with Gasteiger partial charge < -0.3 is 18.4 Å². The number of benzene rings is 3. The summed E-state index contributed by atoms with van der Waals surface area (Å²) in [6.07, 6.45) is 1.40. The van der Waals surface area contributed by atoms with Crippen molar-refractivity contribution in [1.82, 2.24) is 5.43 Å². The van der Waals surface area contributed by atoms with E-state index >= 15 is 0 Å². The Morgan fingerprint density at radius 2 is 1.65 bits per heavy atom. The van der Waals surface area contributed by atoms with Crippen molar-refractivity contribution in [2.24, 2.45) is 5.10 Å². The van der Waals surface area contributed by atoms with Crippen LogP contribution in [-0.2, 0) is 10.1 Å². The maximum atomic E-state index is 12.8. The number of ether oxygens (including phenoxy) is 3. The Balaban J connectivity index is 1.80. The van der Waals surface area contributed by atoms with E-state index in [-0.39, 0.29) is 23.0 Å². The van der Waals surface area contributed by atoms with Crippen molar-refractivity contribution in [3.05, 3.63) is 75.8 Å². The van der Waals surface area contributed by atoms with Gasteiger partial charge in [-0.25, -0.2) is 5.43 Å². The van der Waals surface area contributed by atoms with Crippen molar-refractivity contribution >= 4 is 38.2 Å². The number of nitrogens with one attached hydrogen (secondary N) is 1. The van der Waals surface area contributed by atoms with E-state index in [9.17, 15) is 13.2 Å². The number of rotatable bonds is 11. The number of aryl methyl sites for hydroxylation is 1. The Labute approximate surface area is 224 Å². The third-order valence-corrected chi connectivity index (χ3v) is 6.76. The van der Waals surface area contributed by atoms with E-state index in [4.69, 9.17) is 18.4 Å². The zero-order valence-electron chi connectivity index (χ0n) is 20.8. The molecule has 0 heterocycles. The molecule has 0 saturated heterocycles. The molecular formula is C26H27BrN2O7S. The molecule has 0 fully saturated rings. The molecule has 0 aliphatic rings. The molecule has 1 N–H and O–H groups in total. The minimum absolute atomic E-state index is 0.00490. The predicted molar refractivity (Wildman–Crippen MR) is 144 cm³/mol. The standard InChI is InChI=1S/C26H27BrN2O7S/c1-5-34-23-15-19(9-12-22(23)33-4)26(30)29-28-16-18-13-21(27)25(24(14-18)35-6-2)36-37(31,32)20-10-7-17(3)8-11-20/h7-16H,5-6H2,1-4H3,(H,29,30)/b28-16+. The summed E-state index contributed by atoms with van der Waals surface area (Å²) in [6.45, 7) is 6.14.